The second-order valence-electron chi connectivity index (χ2n) is 5.11. The Hall–Kier alpha value is -1.37. The van der Waals surface area contributed by atoms with Crippen LogP contribution in [0.1, 0.15) is 6.92 Å². The van der Waals surface area contributed by atoms with Crippen molar-refractivity contribution >= 4 is 5.97 Å². The van der Waals surface area contributed by atoms with E-state index in [0.717, 1.165) is 32.8 Å². The molecule has 1 atom stereocenters. The van der Waals surface area contributed by atoms with Crippen molar-refractivity contribution in [3.8, 4) is 5.75 Å². The summed E-state index contributed by atoms with van der Waals surface area (Å²) >= 11 is 0. The lowest BCUT2D eigenvalue weighted by Gasteiger charge is -2.26. The number of hydrogen-bond donors (Lipinski definition) is 1. The molecule has 1 unspecified atom stereocenters. The molecule has 0 radical (unpaired) electrons. The van der Waals surface area contributed by atoms with Gasteiger partial charge < -0.3 is 31.5 Å². The van der Waals surface area contributed by atoms with E-state index < -0.39 is 5.97 Å². The van der Waals surface area contributed by atoms with Crippen LogP contribution < -0.4 is 22.0 Å². The molecule has 1 N–H and O–H groups in total. The van der Waals surface area contributed by atoms with E-state index in [-0.39, 0.29) is 30.9 Å². The maximum atomic E-state index is 12.7. The van der Waals surface area contributed by atoms with Gasteiger partial charge in [0.15, 0.2) is 6.61 Å². The lowest BCUT2D eigenvalue weighted by Crippen LogP contribution is -3.15. The van der Waals surface area contributed by atoms with Crippen LogP contribution >= 0.6 is 0 Å². The van der Waals surface area contributed by atoms with Crippen molar-refractivity contribution in [2.45, 2.75) is 13.0 Å². The molecule has 1 fully saturated rings. The maximum absolute atomic E-state index is 12.7. The molecule has 1 saturated heterocycles. The van der Waals surface area contributed by atoms with E-state index in [1.165, 1.54) is 29.2 Å². The third-order valence-corrected chi connectivity index (χ3v) is 3.28. The van der Waals surface area contributed by atoms with E-state index in [2.05, 4.69) is 0 Å². The largest absolute Gasteiger partial charge is 1.00 e. The summed E-state index contributed by atoms with van der Waals surface area (Å²) in [7, 11) is 0. The van der Waals surface area contributed by atoms with Gasteiger partial charge in [0.05, 0.1) is 13.2 Å². The molecule has 124 valence electrons. The Bertz CT molecular complexity index is 451. The topological polar surface area (TPSA) is 49.2 Å². The van der Waals surface area contributed by atoms with Crippen LogP contribution in [0.15, 0.2) is 24.3 Å². The monoisotopic (exact) mass is 333 g/mol. The number of esters is 1. The van der Waals surface area contributed by atoms with Gasteiger partial charge in [-0.3, -0.25) is 0 Å². The third-order valence-electron chi connectivity index (χ3n) is 3.28. The van der Waals surface area contributed by atoms with Gasteiger partial charge in [0.25, 0.3) is 0 Å². The molecule has 0 amide bonds. The van der Waals surface area contributed by atoms with Gasteiger partial charge in [-0.05, 0) is 31.2 Å². The Kier molecular flexibility index (Phi) is 8.16. The van der Waals surface area contributed by atoms with Crippen molar-refractivity contribution in [1.29, 1.82) is 0 Å². The van der Waals surface area contributed by atoms with Crippen LogP contribution in [0.2, 0.25) is 0 Å². The van der Waals surface area contributed by atoms with E-state index in [9.17, 15) is 9.18 Å². The standard InChI is InChI=1S/C15H20FNO4.ClH/c1-12(10-17-6-8-19-9-7-17)21-15(18)11-20-14-4-2-13(16)3-5-14;/h2-5,12H,6-11H2,1H3;1H. The van der Waals surface area contributed by atoms with Crippen LogP contribution in [0.4, 0.5) is 4.39 Å². The summed E-state index contributed by atoms with van der Waals surface area (Å²) in [5, 5.41) is 0. The van der Waals surface area contributed by atoms with Crippen LogP contribution in [0.3, 0.4) is 0 Å². The van der Waals surface area contributed by atoms with Gasteiger partial charge in [0.2, 0.25) is 0 Å². The summed E-state index contributed by atoms with van der Waals surface area (Å²) in [6.45, 7) is 5.85. The van der Waals surface area contributed by atoms with Crippen molar-refractivity contribution in [3.05, 3.63) is 30.1 Å². The Labute approximate surface area is 135 Å². The van der Waals surface area contributed by atoms with Crippen molar-refractivity contribution in [2.24, 2.45) is 0 Å². The van der Waals surface area contributed by atoms with E-state index in [0.29, 0.717) is 5.75 Å². The summed E-state index contributed by atoms with van der Waals surface area (Å²) in [5.74, 6) is -0.314. The van der Waals surface area contributed by atoms with E-state index in [1.807, 2.05) is 6.92 Å². The number of rotatable bonds is 6. The highest BCUT2D eigenvalue weighted by atomic mass is 35.5. The summed E-state index contributed by atoms with van der Waals surface area (Å²) in [5.41, 5.74) is 0. The minimum absolute atomic E-state index is 0. The molecule has 22 heavy (non-hydrogen) atoms. The molecule has 1 aliphatic rings. The molecule has 5 nitrogen and oxygen atoms in total. The highest BCUT2D eigenvalue weighted by molar-refractivity contribution is 5.71. The third kappa shape index (κ3) is 6.60. The molecule has 0 aliphatic carbocycles. The number of nitrogens with one attached hydrogen (secondary N) is 1. The predicted molar refractivity (Wildman–Crippen MR) is 73.8 cm³/mol. The molecule has 1 aromatic carbocycles. The first-order chi connectivity index (χ1) is 10.1. The number of ether oxygens (including phenoxy) is 3. The maximum Gasteiger partial charge on any atom is 0.344 e. The summed E-state index contributed by atoms with van der Waals surface area (Å²) < 4.78 is 28.5. The fraction of sp³-hybridized carbons (Fsp3) is 0.533. The summed E-state index contributed by atoms with van der Waals surface area (Å²) in [6, 6.07) is 5.52. The highest BCUT2D eigenvalue weighted by Gasteiger charge is 2.19. The van der Waals surface area contributed by atoms with E-state index in [1.54, 1.807) is 0 Å². The molecule has 2 rings (SSSR count). The number of benzene rings is 1. The molecule has 0 aromatic heterocycles. The fourth-order valence-electron chi connectivity index (χ4n) is 2.24. The SMILES string of the molecule is CC(C[NH+]1CCOCC1)OC(=O)COc1ccc(F)cc1.[Cl-]. The summed E-state index contributed by atoms with van der Waals surface area (Å²) in [4.78, 5) is 13.1. The Morgan fingerprint density at radius 1 is 1.32 bits per heavy atom. The first-order valence-corrected chi connectivity index (χ1v) is 7.12. The lowest BCUT2D eigenvalue weighted by atomic mass is 10.3. The zero-order chi connectivity index (χ0) is 15.1. The number of morpholine rings is 1. The zero-order valence-electron chi connectivity index (χ0n) is 12.5. The average Bonchev–Trinajstić information content (AvgIpc) is 2.47. The predicted octanol–water partition coefficient (Wildman–Crippen LogP) is -2.94. The van der Waals surface area contributed by atoms with Crippen molar-refractivity contribution in [1.82, 2.24) is 0 Å². The number of hydrogen-bond acceptors (Lipinski definition) is 4. The van der Waals surface area contributed by atoms with Crippen LogP contribution in [0, 0.1) is 5.82 Å². The Balaban J connectivity index is 0.00000242. The molecule has 1 aliphatic heterocycles. The van der Waals surface area contributed by atoms with Gasteiger partial charge in [-0.1, -0.05) is 0 Å². The second-order valence-corrected chi connectivity index (χ2v) is 5.11. The molecule has 7 heteroatoms. The van der Waals surface area contributed by atoms with Gasteiger partial charge in [0.1, 0.15) is 37.3 Å². The average molecular weight is 334 g/mol. The number of quaternary nitrogens is 1. The molecule has 0 spiro atoms. The van der Waals surface area contributed by atoms with E-state index >= 15 is 0 Å². The summed E-state index contributed by atoms with van der Waals surface area (Å²) in [6.07, 6.45) is -0.164. The number of halogens is 2. The van der Waals surface area contributed by atoms with Crippen molar-refractivity contribution in [3.63, 3.8) is 0 Å². The van der Waals surface area contributed by atoms with Gasteiger partial charge >= 0.3 is 5.97 Å². The van der Waals surface area contributed by atoms with Crippen LogP contribution in [-0.4, -0.2) is 51.5 Å². The Morgan fingerprint density at radius 3 is 2.59 bits per heavy atom. The highest BCUT2D eigenvalue weighted by Crippen LogP contribution is 2.10. The number of carbonyl (C=O) groups excluding carboxylic acids is 1. The minimum atomic E-state index is -0.417. The van der Waals surface area contributed by atoms with Gasteiger partial charge in [-0.2, -0.15) is 0 Å². The van der Waals surface area contributed by atoms with Crippen molar-refractivity contribution in [2.75, 3.05) is 39.5 Å². The Morgan fingerprint density at radius 2 is 1.95 bits per heavy atom. The lowest BCUT2D eigenvalue weighted by molar-refractivity contribution is -0.910. The minimum Gasteiger partial charge on any atom is -1.00 e. The van der Waals surface area contributed by atoms with Crippen LogP contribution in [0.25, 0.3) is 0 Å². The molecular formula is C15H21ClFNO4. The zero-order valence-corrected chi connectivity index (χ0v) is 13.3. The second kappa shape index (κ2) is 9.61. The smallest absolute Gasteiger partial charge is 0.344 e. The number of carbonyl (C=O) groups is 1. The van der Waals surface area contributed by atoms with E-state index in [4.69, 9.17) is 14.2 Å². The first kappa shape index (κ1) is 18.7. The molecular weight excluding hydrogens is 313 g/mol. The molecule has 1 heterocycles. The van der Waals surface area contributed by atoms with Crippen LogP contribution in [0.5, 0.6) is 5.75 Å². The molecule has 0 bridgehead atoms. The first-order valence-electron chi connectivity index (χ1n) is 7.12. The normalized spacial score (nSPS) is 16.5. The quantitative estimate of drug-likeness (QED) is 0.566. The van der Waals surface area contributed by atoms with Gasteiger partial charge in [-0.25, -0.2) is 9.18 Å². The molecule has 0 saturated carbocycles. The van der Waals surface area contributed by atoms with Crippen LogP contribution in [-0.2, 0) is 14.3 Å². The van der Waals surface area contributed by atoms with Crippen molar-refractivity contribution < 1.29 is 40.7 Å². The van der Waals surface area contributed by atoms with Gasteiger partial charge in [0, 0.05) is 0 Å². The molecule has 1 aromatic rings. The fourth-order valence-corrected chi connectivity index (χ4v) is 2.24. The van der Waals surface area contributed by atoms with Gasteiger partial charge in [-0.15, -0.1) is 0 Å².